The summed E-state index contributed by atoms with van der Waals surface area (Å²) in [5.74, 6) is 0.389. The standard InChI is InChI=1S/C26H26N6O3.2C2H6/c1-30(2)23(27)15-3-5-17(6-4-15)31-14-26(10-11-26)20-21(24(28)33)29-32(22(20)25(31)34)18-7-8-19-16(13-18)9-12-35-19;2*1-2/h3-8,13,27H,9-12,14H2,1-2H3,(H2,28,33);2*1-2H3. The largest absolute Gasteiger partial charge is 0.493 e. The van der Waals surface area contributed by atoms with Crippen LogP contribution in [0.2, 0.25) is 0 Å². The summed E-state index contributed by atoms with van der Waals surface area (Å²) in [5, 5.41) is 12.8. The zero-order chi connectivity index (χ0) is 28.5. The maximum Gasteiger partial charge on any atom is 0.277 e. The number of anilines is 1. The number of aromatic nitrogens is 2. The number of benzene rings is 2. The molecule has 0 atom stereocenters. The number of hydrogen-bond donors (Lipinski definition) is 2. The van der Waals surface area contributed by atoms with E-state index in [4.69, 9.17) is 15.9 Å². The molecular weight excluding hydrogens is 492 g/mol. The van der Waals surface area contributed by atoms with Crippen molar-refractivity contribution < 1.29 is 14.3 Å². The van der Waals surface area contributed by atoms with Crippen molar-refractivity contribution >= 4 is 23.3 Å². The quantitative estimate of drug-likeness (QED) is 0.379. The van der Waals surface area contributed by atoms with E-state index in [9.17, 15) is 9.59 Å². The van der Waals surface area contributed by atoms with E-state index in [-0.39, 0.29) is 17.0 Å². The van der Waals surface area contributed by atoms with Gasteiger partial charge in [-0.25, -0.2) is 4.68 Å². The molecule has 1 saturated carbocycles. The first kappa shape index (κ1) is 27.9. The zero-order valence-corrected chi connectivity index (χ0v) is 23.7. The van der Waals surface area contributed by atoms with E-state index in [1.165, 1.54) is 0 Å². The third kappa shape index (κ3) is 4.77. The number of amides is 2. The van der Waals surface area contributed by atoms with Gasteiger partial charge in [0.1, 0.15) is 17.3 Å². The molecule has 3 aromatic rings. The maximum absolute atomic E-state index is 14.0. The van der Waals surface area contributed by atoms with Gasteiger partial charge in [0.25, 0.3) is 11.8 Å². The van der Waals surface area contributed by atoms with Crippen LogP contribution in [0, 0.1) is 5.41 Å². The van der Waals surface area contributed by atoms with Crippen LogP contribution in [-0.2, 0) is 11.8 Å². The van der Waals surface area contributed by atoms with Gasteiger partial charge < -0.3 is 20.3 Å². The van der Waals surface area contributed by atoms with E-state index in [2.05, 4.69) is 5.10 Å². The first-order valence-electron chi connectivity index (χ1n) is 13.7. The molecule has 3 heterocycles. The Labute approximate surface area is 230 Å². The van der Waals surface area contributed by atoms with Crippen LogP contribution in [-0.4, -0.2) is 59.6 Å². The summed E-state index contributed by atoms with van der Waals surface area (Å²) in [4.78, 5) is 29.9. The van der Waals surface area contributed by atoms with Gasteiger partial charge in [0.05, 0.1) is 12.3 Å². The topological polar surface area (TPSA) is 118 Å². The van der Waals surface area contributed by atoms with Gasteiger partial charge in [0.2, 0.25) is 0 Å². The van der Waals surface area contributed by atoms with Crippen molar-refractivity contribution in [2.24, 2.45) is 5.73 Å². The molecule has 3 aliphatic rings. The number of nitrogens with zero attached hydrogens (tertiary/aromatic N) is 4. The van der Waals surface area contributed by atoms with Gasteiger partial charge in [-0.2, -0.15) is 5.10 Å². The number of ether oxygens (including phenoxy) is 1. The molecule has 6 rings (SSSR count). The Bertz CT molecular complexity index is 1400. The molecule has 9 heteroatoms. The van der Waals surface area contributed by atoms with Gasteiger partial charge in [0, 0.05) is 49.3 Å². The molecule has 2 amide bonds. The van der Waals surface area contributed by atoms with Gasteiger partial charge in [-0.15, -0.1) is 0 Å². The summed E-state index contributed by atoms with van der Waals surface area (Å²) >= 11 is 0. The van der Waals surface area contributed by atoms with Crippen molar-refractivity contribution in [1.82, 2.24) is 14.7 Å². The summed E-state index contributed by atoms with van der Waals surface area (Å²) < 4.78 is 7.21. The molecule has 0 radical (unpaired) electrons. The van der Waals surface area contributed by atoms with Crippen molar-refractivity contribution in [3.05, 3.63) is 70.5 Å². The minimum absolute atomic E-state index is 0.178. The SMILES string of the molecule is CC.CC.CN(C)C(=N)c1ccc(N2CC3(CC3)c3c(C(N)=O)nn(-c4ccc5c(c4)CCO5)c3C2=O)cc1. The first-order valence-corrected chi connectivity index (χ1v) is 13.7. The lowest BCUT2D eigenvalue weighted by molar-refractivity contribution is 0.0966. The Balaban J connectivity index is 0.000000845. The fourth-order valence-corrected chi connectivity index (χ4v) is 5.19. The lowest BCUT2D eigenvalue weighted by Gasteiger charge is -2.33. The van der Waals surface area contributed by atoms with Crippen LogP contribution in [0.3, 0.4) is 0 Å². The lowest BCUT2D eigenvalue weighted by atomic mass is 9.88. The highest BCUT2D eigenvalue weighted by Gasteiger charge is 2.56. The second-order valence-corrected chi connectivity index (χ2v) is 9.70. The number of rotatable bonds is 4. The summed E-state index contributed by atoms with van der Waals surface area (Å²) in [6, 6.07) is 13.2. The Hall–Kier alpha value is -4.14. The average molecular weight is 531 g/mol. The van der Waals surface area contributed by atoms with Crippen molar-refractivity contribution in [2.45, 2.75) is 52.4 Å². The van der Waals surface area contributed by atoms with E-state index in [0.29, 0.717) is 35.9 Å². The molecule has 9 nitrogen and oxygen atoms in total. The number of carbonyl (C=O) groups is 2. The second-order valence-electron chi connectivity index (χ2n) is 9.70. The molecule has 1 fully saturated rings. The van der Waals surface area contributed by atoms with Crippen molar-refractivity contribution in [3.63, 3.8) is 0 Å². The minimum Gasteiger partial charge on any atom is -0.493 e. The summed E-state index contributed by atoms with van der Waals surface area (Å²) in [7, 11) is 3.65. The van der Waals surface area contributed by atoms with Gasteiger partial charge in [-0.05, 0) is 60.9 Å². The molecule has 1 aromatic heterocycles. The predicted octanol–water partition coefficient (Wildman–Crippen LogP) is 4.54. The Morgan fingerprint density at radius 2 is 1.69 bits per heavy atom. The highest BCUT2D eigenvalue weighted by molar-refractivity contribution is 6.11. The van der Waals surface area contributed by atoms with E-state index in [0.717, 1.165) is 41.8 Å². The number of carbonyl (C=O) groups excluding carboxylic acids is 2. The number of nitrogens with two attached hydrogens (primary N) is 1. The van der Waals surface area contributed by atoms with Gasteiger partial charge in [0.15, 0.2) is 5.69 Å². The normalized spacial score (nSPS) is 15.6. The third-order valence-corrected chi connectivity index (χ3v) is 7.23. The maximum atomic E-state index is 14.0. The van der Waals surface area contributed by atoms with Crippen molar-refractivity contribution in [1.29, 1.82) is 5.41 Å². The fourth-order valence-electron chi connectivity index (χ4n) is 5.19. The predicted molar refractivity (Wildman–Crippen MR) is 154 cm³/mol. The average Bonchev–Trinajstić information content (AvgIpc) is 3.36. The summed E-state index contributed by atoms with van der Waals surface area (Å²) in [6.07, 6.45) is 2.50. The Morgan fingerprint density at radius 3 is 2.28 bits per heavy atom. The van der Waals surface area contributed by atoms with E-state index in [1.54, 1.807) is 14.5 Å². The van der Waals surface area contributed by atoms with E-state index >= 15 is 0 Å². The molecule has 2 aromatic carbocycles. The van der Waals surface area contributed by atoms with Gasteiger partial charge >= 0.3 is 0 Å². The van der Waals surface area contributed by atoms with E-state index in [1.807, 2.05) is 84.3 Å². The minimum atomic E-state index is -0.622. The molecule has 3 N–H and O–H groups in total. The van der Waals surface area contributed by atoms with Gasteiger partial charge in [-0.1, -0.05) is 27.7 Å². The molecule has 206 valence electrons. The number of hydrogen-bond acceptors (Lipinski definition) is 5. The number of nitrogens with one attached hydrogen (secondary N) is 1. The highest BCUT2D eigenvalue weighted by Crippen LogP contribution is 2.54. The molecule has 1 aliphatic carbocycles. The first-order chi connectivity index (χ1) is 18.8. The van der Waals surface area contributed by atoms with Crippen LogP contribution < -0.4 is 15.4 Å². The van der Waals surface area contributed by atoms with Crippen LogP contribution in [0.15, 0.2) is 42.5 Å². The van der Waals surface area contributed by atoms with Crippen LogP contribution in [0.1, 0.15) is 78.2 Å². The van der Waals surface area contributed by atoms with Gasteiger partial charge in [-0.3, -0.25) is 15.0 Å². The molecule has 1 spiro atoms. The molecule has 39 heavy (non-hydrogen) atoms. The van der Waals surface area contributed by atoms with Crippen LogP contribution >= 0.6 is 0 Å². The molecule has 0 saturated heterocycles. The Morgan fingerprint density at radius 1 is 1.05 bits per heavy atom. The number of primary amides is 1. The van der Waals surface area contributed by atoms with Crippen LogP contribution in [0.4, 0.5) is 5.69 Å². The zero-order valence-electron chi connectivity index (χ0n) is 23.7. The molecular formula is C30H38N6O3. The molecule has 0 unspecified atom stereocenters. The van der Waals surface area contributed by atoms with Crippen LogP contribution in [0.25, 0.3) is 5.69 Å². The summed E-state index contributed by atoms with van der Waals surface area (Å²) in [6.45, 7) is 9.09. The summed E-state index contributed by atoms with van der Waals surface area (Å²) in [5.41, 5.74) is 9.93. The monoisotopic (exact) mass is 530 g/mol. The van der Waals surface area contributed by atoms with Crippen molar-refractivity contribution in [2.75, 3.05) is 32.1 Å². The van der Waals surface area contributed by atoms with Crippen LogP contribution in [0.5, 0.6) is 5.75 Å². The molecule has 0 bridgehead atoms. The molecule has 2 aliphatic heterocycles. The second kappa shape index (κ2) is 10.9. The fraction of sp³-hybridized carbons (Fsp3) is 0.400. The van der Waals surface area contributed by atoms with E-state index < -0.39 is 5.91 Å². The smallest absolute Gasteiger partial charge is 0.277 e. The van der Waals surface area contributed by atoms with Crippen molar-refractivity contribution in [3.8, 4) is 11.4 Å². The Kier molecular flexibility index (Phi) is 7.81. The highest BCUT2D eigenvalue weighted by atomic mass is 16.5. The number of fused-ring (bicyclic) bond motifs is 3. The third-order valence-electron chi connectivity index (χ3n) is 7.23. The lowest BCUT2D eigenvalue weighted by Crippen LogP contribution is -2.44. The number of amidine groups is 1.